The number of phosphoric ester groups is 1. The van der Waals surface area contributed by atoms with Gasteiger partial charge >= 0.3 is 7.82 Å². The lowest BCUT2D eigenvalue weighted by molar-refractivity contribution is -0.225. The van der Waals surface area contributed by atoms with E-state index in [2.05, 4.69) is 18.5 Å². The van der Waals surface area contributed by atoms with Crippen molar-refractivity contribution in [2.45, 2.75) is 129 Å². The first-order valence-electron chi connectivity index (χ1n) is 11.9. The van der Waals surface area contributed by atoms with Crippen LogP contribution < -0.4 is 0 Å². The maximum atomic E-state index is 11.6. The second kappa shape index (κ2) is 21.8. The van der Waals surface area contributed by atoms with Gasteiger partial charge in [-0.25, -0.2) is 9.45 Å². The normalized spacial score (nSPS) is 13.7. The lowest BCUT2D eigenvalue weighted by atomic mass is 10.0. The smallest absolute Gasteiger partial charge is 0.301 e. The van der Waals surface area contributed by atoms with Crippen LogP contribution in [0.3, 0.4) is 0 Å². The predicted octanol–water partition coefficient (Wildman–Crippen LogP) is 8.11. The summed E-state index contributed by atoms with van der Waals surface area (Å²) in [5, 5.41) is 0. The van der Waals surface area contributed by atoms with Crippen LogP contribution in [0.25, 0.3) is 0 Å². The van der Waals surface area contributed by atoms with Gasteiger partial charge in [-0.15, -0.1) is 4.67 Å². The van der Waals surface area contributed by atoms with Crippen LogP contribution in [-0.4, -0.2) is 18.1 Å². The summed E-state index contributed by atoms with van der Waals surface area (Å²) in [5.41, 5.74) is 0. The molecule has 0 aliphatic carbocycles. The van der Waals surface area contributed by atoms with E-state index in [4.69, 9.17) is 9.41 Å². The van der Waals surface area contributed by atoms with E-state index in [9.17, 15) is 9.46 Å². The number of hydrogen-bond donors (Lipinski definition) is 1. The Kier molecular flexibility index (Phi) is 21.8. The highest BCUT2D eigenvalue weighted by molar-refractivity contribution is 7.47. The van der Waals surface area contributed by atoms with E-state index in [-0.39, 0.29) is 6.61 Å². The second-order valence-corrected chi connectivity index (χ2v) is 9.20. The molecule has 170 valence electrons. The Morgan fingerprint density at radius 2 is 0.929 bits per heavy atom. The van der Waals surface area contributed by atoms with Gasteiger partial charge in [0, 0.05) is 0 Å². The zero-order chi connectivity index (χ0) is 20.8. The molecule has 28 heavy (non-hydrogen) atoms. The number of phosphoric acid groups is 1. The fraction of sp³-hybridized carbons (Fsp3) is 1.00. The highest BCUT2D eigenvalue weighted by atomic mass is 31.2. The van der Waals surface area contributed by atoms with Crippen molar-refractivity contribution >= 4 is 7.82 Å². The van der Waals surface area contributed by atoms with Crippen LogP contribution >= 0.6 is 7.82 Å². The Bertz CT molecular complexity index is 352. The molecule has 0 bridgehead atoms. The molecule has 0 aliphatic heterocycles. The van der Waals surface area contributed by atoms with E-state index in [0.717, 1.165) is 38.5 Å². The maximum absolute atomic E-state index is 11.6. The monoisotopic (exact) mass is 422 g/mol. The summed E-state index contributed by atoms with van der Waals surface area (Å²) in [7, 11) is -4.05. The molecule has 0 aliphatic rings. The third kappa shape index (κ3) is 22.4. The van der Waals surface area contributed by atoms with E-state index in [1.54, 1.807) is 0 Å². The van der Waals surface area contributed by atoms with Crippen molar-refractivity contribution in [3.8, 4) is 0 Å². The summed E-state index contributed by atoms with van der Waals surface area (Å²) in [6.45, 7) is 4.95. The zero-order valence-electron chi connectivity index (χ0n) is 18.7. The Labute approximate surface area is 174 Å². The van der Waals surface area contributed by atoms with Crippen LogP contribution in [0, 0.1) is 0 Å². The Balaban J connectivity index is 3.23. The first-order chi connectivity index (χ1) is 13.6. The van der Waals surface area contributed by atoms with Gasteiger partial charge in [-0.1, -0.05) is 117 Å². The molecule has 0 aromatic rings. The summed E-state index contributed by atoms with van der Waals surface area (Å²) < 4.78 is 21.0. The third-order valence-corrected chi connectivity index (χ3v) is 5.78. The molecule has 6 heteroatoms. The molecule has 0 aromatic carbocycles. The molecule has 0 aromatic heterocycles. The minimum Gasteiger partial charge on any atom is -0.301 e. The van der Waals surface area contributed by atoms with Crippen LogP contribution in [0.2, 0.25) is 0 Å². The Morgan fingerprint density at radius 3 is 1.39 bits per heavy atom. The molecule has 0 fully saturated rings. The molecule has 0 amide bonds. The minimum atomic E-state index is -4.05. The third-order valence-electron chi connectivity index (χ3n) is 4.98. The van der Waals surface area contributed by atoms with Gasteiger partial charge in [0.25, 0.3) is 0 Å². The van der Waals surface area contributed by atoms with Gasteiger partial charge in [0.1, 0.15) is 0 Å². The number of rotatable bonds is 23. The van der Waals surface area contributed by atoms with Crippen molar-refractivity contribution in [1.82, 2.24) is 0 Å². The number of unbranched alkanes of at least 4 members (excludes halogenated alkanes) is 16. The molecule has 0 heterocycles. The molecule has 0 rings (SSSR count). The molecule has 0 spiro atoms. The maximum Gasteiger partial charge on any atom is 0.499 e. The quantitative estimate of drug-likeness (QED) is 0.0779. The highest BCUT2D eigenvalue weighted by Crippen LogP contribution is 2.43. The van der Waals surface area contributed by atoms with E-state index in [0.29, 0.717) is 6.61 Å². The SMILES string of the molecule is CCCCCCCCCCCCCCCCOOP(=O)(O)OCCCCCC. The van der Waals surface area contributed by atoms with E-state index in [1.165, 1.54) is 77.0 Å². The summed E-state index contributed by atoms with van der Waals surface area (Å²) in [6.07, 6.45) is 22.1. The Hall–Kier alpha value is 0.0700. The van der Waals surface area contributed by atoms with Gasteiger partial charge in [-0.3, -0.25) is 4.52 Å². The average Bonchev–Trinajstić information content (AvgIpc) is 2.67. The number of hydrogen-bond acceptors (Lipinski definition) is 4. The fourth-order valence-electron chi connectivity index (χ4n) is 3.19. The first-order valence-corrected chi connectivity index (χ1v) is 13.4. The molecule has 0 saturated heterocycles. The van der Waals surface area contributed by atoms with Gasteiger partial charge in [0.05, 0.1) is 13.2 Å². The van der Waals surface area contributed by atoms with E-state index >= 15 is 0 Å². The lowest BCUT2D eigenvalue weighted by Gasteiger charge is -2.10. The van der Waals surface area contributed by atoms with Gasteiger partial charge in [0.2, 0.25) is 0 Å². The van der Waals surface area contributed by atoms with Gasteiger partial charge in [-0.05, 0) is 12.8 Å². The largest absolute Gasteiger partial charge is 0.499 e. The van der Waals surface area contributed by atoms with E-state index < -0.39 is 7.82 Å². The molecular formula is C22H47O5P. The molecule has 0 saturated carbocycles. The average molecular weight is 423 g/mol. The molecule has 5 nitrogen and oxygen atoms in total. The van der Waals surface area contributed by atoms with Crippen molar-refractivity contribution < 1.29 is 23.5 Å². The fourth-order valence-corrected chi connectivity index (χ4v) is 3.80. The van der Waals surface area contributed by atoms with Gasteiger partial charge < -0.3 is 4.89 Å². The van der Waals surface area contributed by atoms with Crippen LogP contribution in [0.1, 0.15) is 129 Å². The molecule has 1 unspecified atom stereocenters. The van der Waals surface area contributed by atoms with Crippen molar-refractivity contribution in [3.63, 3.8) is 0 Å². The van der Waals surface area contributed by atoms with Crippen LogP contribution in [0.4, 0.5) is 0 Å². The highest BCUT2D eigenvalue weighted by Gasteiger charge is 2.22. The van der Waals surface area contributed by atoms with Crippen LogP contribution in [0.15, 0.2) is 0 Å². The van der Waals surface area contributed by atoms with Gasteiger partial charge in [-0.2, -0.15) is 0 Å². The van der Waals surface area contributed by atoms with Crippen LogP contribution in [0.5, 0.6) is 0 Å². The lowest BCUT2D eigenvalue weighted by Crippen LogP contribution is -2.00. The summed E-state index contributed by atoms with van der Waals surface area (Å²) in [6, 6.07) is 0. The standard InChI is InChI=1S/C22H47O5P/c1-3-5-7-9-10-11-12-13-14-15-16-17-18-19-21-25-27-28(23,24)26-22-20-8-6-4-2/h3-22H2,1-2H3,(H,23,24). The molecule has 1 atom stereocenters. The summed E-state index contributed by atoms with van der Waals surface area (Å²) in [5.74, 6) is 0. The topological polar surface area (TPSA) is 65.0 Å². The zero-order valence-corrected chi connectivity index (χ0v) is 19.6. The Morgan fingerprint density at radius 1 is 0.571 bits per heavy atom. The summed E-state index contributed by atoms with van der Waals surface area (Å²) in [4.78, 5) is 14.3. The van der Waals surface area contributed by atoms with Crippen LogP contribution in [-0.2, 0) is 18.7 Å². The van der Waals surface area contributed by atoms with Crippen molar-refractivity contribution in [1.29, 1.82) is 0 Å². The molecule has 1 N–H and O–H groups in total. The van der Waals surface area contributed by atoms with Gasteiger partial charge in [0.15, 0.2) is 0 Å². The van der Waals surface area contributed by atoms with Crippen molar-refractivity contribution in [2.24, 2.45) is 0 Å². The minimum absolute atomic E-state index is 0.232. The molecular weight excluding hydrogens is 375 g/mol. The first kappa shape index (κ1) is 28.1. The second-order valence-electron chi connectivity index (χ2n) is 7.86. The van der Waals surface area contributed by atoms with Crippen molar-refractivity contribution in [2.75, 3.05) is 13.2 Å². The predicted molar refractivity (Wildman–Crippen MR) is 117 cm³/mol. The summed E-state index contributed by atoms with van der Waals surface area (Å²) >= 11 is 0. The molecule has 0 radical (unpaired) electrons. The van der Waals surface area contributed by atoms with E-state index in [1.807, 2.05) is 0 Å². The van der Waals surface area contributed by atoms with Crippen molar-refractivity contribution in [3.05, 3.63) is 0 Å².